The van der Waals surface area contributed by atoms with Crippen LogP contribution in [0.25, 0.3) is 0 Å². The molecule has 1 saturated heterocycles. The molecule has 2 rings (SSSR count). The highest BCUT2D eigenvalue weighted by Crippen LogP contribution is 2.16. The number of rotatable bonds is 4. The average Bonchev–Trinajstić information content (AvgIpc) is 2.67. The number of piperidine rings is 1. The summed E-state index contributed by atoms with van der Waals surface area (Å²) in [6.07, 6.45) is 4.02. The monoisotopic (exact) mass is 250 g/mol. The smallest absolute Gasteiger partial charge is 0.225 e. The van der Waals surface area contributed by atoms with Gasteiger partial charge in [-0.25, -0.2) is 0 Å². The van der Waals surface area contributed by atoms with Crippen molar-refractivity contribution in [1.82, 2.24) is 15.1 Å². The first-order valence-electron chi connectivity index (χ1n) is 6.66. The molecular weight excluding hydrogens is 228 g/mol. The molecule has 2 heterocycles. The number of amides is 1. The summed E-state index contributed by atoms with van der Waals surface area (Å²) in [4.78, 5) is 11.8. The maximum atomic E-state index is 11.8. The average molecular weight is 250 g/mol. The van der Waals surface area contributed by atoms with E-state index in [9.17, 15) is 4.79 Å². The van der Waals surface area contributed by atoms with Crippen molar-refractivity contribution in [2.45, 2.75) is 32.6 Å². The lowest BCUT2D eigenvalue weighted by Crippen LogP contribution is -2.30. The van der Waals surface area contributed by atoms with Gasteiger partial charge in [-0.15, -0.1) is 0 Å². The second-order valence-electron chi connectivity index (χ2n) is 5.09. The lowest BCUT2D eigenvalue weighted by Gasteiger charge is -2.22. The number of aryl methyl sites for hydroxylation is 2. The molecule has 18 heavy (non-hydrogen) atoms. The number of aromatic nitrogens is 2. The van der Waals surface area contributed by atoms with Gasteiger partial charge in [0.25, 0.3) is 0 Å². The van der Waals surface area contributed by atoms with E-state index in [1.165, 1.54) is 12.8 Å². The maximum absolute atomic E-state index is 11.8. The Bertz CT molecular complexity index is 388. The van der Waals surface area contributed by atoms with Crippen LogP contribution in [0.1, 0.15) is 31.4 Å². The number of nitrogens with one attached hydrogen (secondary N) is 2. The minimum atomic E-state index is 0.0682. The Labute approximate surface area is 108 Å². The van der Waals surface area contributed by atoms with E-state index in [-0.39, 0.29) is 5.91 Å². The second kappa shape index (κ2) is 6.00. The molecule has 1 aromatic rings. The van der Waals surface area contributed by atoms with E-state index >= 15 is 0 Å². The van der Waals surface area contributed by atoms with E-state index in [0.29, 0.717) is 18.2 Å². The zero-order valence-corrected chi connectivity index (χ0v) is 11.2. The van der Waals surface area contributed by atoms with Crippen LogP contribution < -0.4 is 10.6 Å². The molecule has 2 N–H and O–H groups in total. The number of carbonyl (C=O) groups is 1. The summed E-state index contributed by atoms with van der Waals surface area (Å²) in [5.74, 6) is 1.37. The normalized spacial score (nSPS) is 19.8. The van der Waals surface area contributed by atoms with Crippen LogP contribution in [0.4, 0.5) is 5.82 Å². The van der Waals surface area contributed by atoms with Crippen LogP contribution in [-0.2, 0) is 11.8 Å². The van der Waals surface area contributed by atoms with E-state index in [4.69, 9.17) is 0 Å². The minimum Gasteiger partial charge on any atom is -0.316 e. The molecule has 1 aliphatic heterocycles. The second-order valence-corrected chi connectivity index (χ2v) is 5.09. The van der Waals surface area contributed by atoms with Crippen molar-refractivity contribution in [2.24, 2.45) is 13.0 Å². The number of anilines is 1. The topological polar surface area (TPSA) is 59.0 Å². The van der Waals surface area contributed by atoms with Crippen molar-refractivity contribution in [1.29, 1.82) is 0 Å². The van der Waals surface area contributed by atoms with E-state index in [2.05, 4.69) is 15.7 Å². The molecule has 5 nitrogen and oxygen atoms in total. The summed E-state index contributed by atoms with van der Waals surface area (Å²) in [5.41, 5.74) is 1.04. The van der Waals surface area contributed by atoms with Gasteiger partial charge >= 0.3 is 0 Å². The van der Waals surface area contributed by atoms with E-state index in [1.807, 2.05) is 20.0 Å². The standard InChI is InChI=1S/C13H22N4O/c1-10-8-12(16-17(10)2)15-13(18)6-5-11-4-3-7-14-9-11/h8,11,14H,3-7,9H2,1-2H3,(H,15,16,18). The Balaban J connectivity index is 1.74. The number of hydrogen-bond donors (Lipinski definition) is 2. The van der Waals surface area contributed by atoms with Crippen LogP contribution in [0.15, 0.2) is 6.07 Å². The number of nitrogens with zero attached hydrogens (tertiary/aromatic N) is 2. The minimum absolute atomic E-state index is 0.0682. The third-order valence-corrected chi connectivity index (χ3v) is 3.56. The fourth-order valence-corrected chi connectivity index (χ4v) is 2.33. The molecule has 0 bridgehead atoms. The van der Waals surface area contributed by atoms with Gasteiger partial charge in [-0.05, 0) is 45.2 Å². The molecule has 0 aromatic carbocycles. The highest BCUT2D eigenvalue weighted by Gasteiger charge is 2.14. The van der Waals surface area contributed by atoms with E-state index in [1.54, 1.807) is 4.68 Å². The van der Waals surface area contributed by atoms with Crippen LogP contribution in [0.2, 0.25) is 0 Å². The van der Waals surface area contributed by atoms with Crippen LogP contribution >= 0.6 is 0 Å². The molecule has 0 spiro atoms. The Morgan fingerprint density at radius 3 is 3.11 bits per heavy atom. The molecule has 0 aliphatic carbocycles. The van der Waals surface area contributed by atoms with E-state index < -0.39 is 0 Å². The van der Waals surface area contributed by atoms with Gasteiger partial charge in [0.2, 0.25) is 5.91 Å². The molecule has 0 radical (unpaired) electrons. The van der Waals surface area contributed by atoms with Crippen LogP contribution in [-0.4, -0.2) is 28.8 Å². The summed E-state index contributed by atoms with van der Waals surface area (Å²) in [6.45, 7) is 4.14. The predicted octanol–water partition coefficient (Wildman–Crippen LogP) is 1.45. The largest absolute Gasteiger partial charge is 0.316 e. The first-order valence-corrected chi connectivity index (χ1v) is 6.66. The zero-order valence-electron chi connectivity index (χ0n) is 11.2. The molecule has 1 aromatic heterocycles. The lowest BCUT2D eigenvalue weighted by atomic mass is 9.94. The third-order valence-electron chi connectivity index (χ3n) is 3.56. The van der Waals surface area contributed by atoms with Gasteiger partial charge in [-0.1, -0.05) is 0 Å². The summed E-state index contributed by atoms with van der Waals surface area (Å²) in [5, 5.41) is 10.4. The first kappa shape index (κ1) is 13.1. The summed E-state index contributed by atoms with van der Waals surface area (Å²) in [6, 6.07) is 1.89. The first-order chi connectivity index (χ1) is 8.65. The highest BCUT2D eigenvalue weighted by molar-refractivity contribution is 5.89. The van der Waals surface area contributed by atoms with Crippen molar-refractivity contribution in [2.75, 3.05) is 18.4 Å². The highest BCUT2D eigenvalue weighted by atomic mass is 16.1. The van der Waals surface area contributed by atoms with Crippen LogP contribution in [0, 0.1) is 12.8 Å². The fraction of sp³-hybridized carbons (Fsp3) is 0.692. The molecule has 1 atom stereocenters. The van der Waals surface area contributed by atoms with Crippen LogP contribution in [0.5, 0.6) is 0 Å². The van der Waals surface area contributed by atoms with E-state index in [0.717, 1.165) is 25.2 Å². The maximum Gasteiger partial charge on any atom is 0.225 e. The van der Waals surface area contributed by atoms with Crippen molar-refractivity contribution in [3.05, 3.63) is 11.8 Å². The third kappa shape index (κ3) is 3.57. The number of carbonyl (C=O) groups excluding carboxylic acids is 1. The molecule has 0 saturated carbocycles. The molecule has 5 heteroatoms. The predicted molar refractivity (Wildman–Crippen MR) is 71.4 cm³/mol. The molecule has 1 amide bonds. The van der Waals surface area contributed by atoms with Gasteiger partial charge in [-0.2, -0.15) is 5.10 Å². The van der Waals surface area contributed by atoms with Crippen molar-refractivity contribution in [3.63, 3.8) is 0 Å². The molecule has 1 aliphatic rings. The Morgan fingerprint density at radius 2 is 2.50 bits per heavy atom. The van der Waals surface area contributed by atoms with Crippen molar-refractivity contribution >= 4 is 11.7 Å². The summed E-state index contributed by atoms with van der Waals surface area (Å²) < 4.78 is 1.76. The van der Waals surface area contributed by atoms with Gasteiger partial charge in [-0.3, -0.25) is 9.48 Å². The summed E-state index contributed by atoms with van der Waals surface area (Å²) in [7, 11) is 1.87. The van der Waals surface area contributed by atoms with Gasteiger partial charge in [0.15, 0.2) is 5.82 Å². The van der Waals surface area contributed by atoms with Crippen molar-refractivity contribution < 1.29 is 4.79 Å². The van der Waals surface area contributed by atoms with Gasteiger partial charge in [0.05, 0.1) is 0 Å². The zero-order chi connectivity index (χ0) is 13.0. The Morgan fingerprint density at radius 1 is 1.67 bits per heavy atom. The summed E-state index contributed by atoms with van der Waals surface area (Å²) >= 11 is 0. The molecule has 100 valence electrons. The van der Waals surface area contributed by atoms with Crippen LogP contribution in [0.3, 0.4) is 0 Å². The number of hydrogen-bond acceptors (Lipinski definition) is 3. The van der Waals surface area contributed by atoms with Crippen molar-refractivity contribution in [3.8, 4) is 0 Å². The SMILES string of the molecule is Cc1cc(NC(=O)CCC2CCCNC2)nn1C. The Hall–Kier alpha value is -1.36. The molecule has 1 unspecified atom stereocenters. The van der Waals surface area contributed by atoms with Gasteiger partial charge in [0.1, 0.15) is 0 Å². The van der Waals surface area contributed by atoms with Gasteiger partial charge < -0.3 is 10.6 Å². The molecule has 1 fully saturated rings. The molecular formula is C13H22N4O. The Kier molecular flexibility index (Phi) is 4.36. The fourth-order valence-electron chi connectivity index (χ4n) is 2.33. The lowest BCUT2D eigenvalue weighted by molar-refractivity contribution is -0.116. The van der Waals surface area contributed by atoms with Gasteiger partial charge in [0, 0.05) is 25.2 Å². The quantitative estimate of drug-likeness (QED) is 0.850.